The van der Waals surface area contributed by atoms with Crippen LogP contribution in [0.15, 0.2) is 51.4 Å². The molecular weight excluding hydrogens is 401 g/mol. The first-order valence-corrected chi connectivity index (χ1v) is 8.40. The molecule has 0 spiro atoms. The molecule has 0 saturated heterocycles. The van der Waals surface area contributed by atoms with Crippen LogP contribution in [0.5, 0.6) is 0 Å². The van der Waals surface area contributed by atoms with Gasteiger partial charge in [-0.25, -0.2) is 0 Å². The van der Waals surface area contributed by atoms with Gasteiger partial charge in [0.1, 0.15) is 0 Å². The molecule has 0 fully saturated rings. The lowest BCUT2D eigenvalue weighted by molar-refractivity contribution is 0.493. The highest BCUT2D eigenvalue weighted by molar-refractivity contribution is 9.11. The van der Waals surface area contributed by atoms with Crippen LogP contribution in [0.4, 0.5) is 0 Å². The van der Waals surface area contributed by atoms with Gasteiger partial charge in [-0.1, -0.05) is 61.7 Å². The van der Waals surface area contributed by atoms with Crippen molar-refractivity contribution in [3.8, 4) is 0 Å². The zero-order valence-corrected chi connectivity index (χ0v) is 15.3. The van der Waals surface area contributed by atoms with Crippen LogP contribution in [-0.4, -0.2) is 0 Å². The third-order valence-corrected chi connectivity index (χ3v) is 4.73. The van der Waals surface area contributed by atoms with Crippen molar-refractivity contribution in [2.75, 3.05) is 0 Å². The Balaban J connectivity index is 2.10. The largest absolute Gasteiger partial charge is 0.304 e. The predicted octanol–water partition coefficient (Wildman–Crippen LogP) is 6.28. The van der Waals surface area contributed by atoms with E-state index < -0.39 is 0 Å². The van der Waals surface area contributed by atoms with Crippen LogP contribution in [0.1, 0.15) is 37.1 Å². The van der Waals surface area contributed by atoms with E-state index in [9.17, 15) is 0 Å². The third-order valence-electron chi connectivity index (χ3n) is 3.30. The first-order chi connectivity index (χ1) is 9.47. The quantitative estimate of drug-likeness (QED) is 0.618. The van der Waals surface area contributed by atoms with Gasteiger partial charge in [0.2, 0.25) is 0 Å². The summed E-state index contributed by atoms with van der Waals surface area (Å²) in [5.74, 6) is 0. The molecule has 2 unspecified atom stereocenters. The predicted molar refractivity (Wildman–Crippen MR) is 93.3 cm³/mol. The van der Waals surface area contributed by atoms with Gasteiger partial charge in [0.15, 0.2) is 0 Å². The molecule has 0 heterocycles. The summed E-state index contributed by atoms with van der Waals surface area (Å²) in [6, 6.07) is 14.7. The van der Waals surface area contributed by atoms with Crippen LogP contribution in [0.3, 0.4) is 0 Å². The lowest BCUT2D eigenvalue weighted by Gasteiger charge is -2.22. The van der Waals surface area contributed by atoms with Gasteiger partial charge in [0.25, 0.3) is 0 Å². The Morgan fingerprint density at radius 1 is 0.950 bits per heavy atom. The summed E-state index contributed by atoms with van der Waals surface area (Å²) >= 11 is 13.0. The number of hydrogen-bond donors (Lipinski definition) is 1. The van der Waals surface area contributed by atoms with Crippen LogP contribution in [0.2, 0.25) is 5.02 Å². The molecule has 0 bridgehead atoms. The molecule has 1 nitrogen and oxygen atoms in total. The highest BCUT2D eigenvalue weighted by Gasteiger charge is 2.13. The van der Waals surface area contributed by atoms with Gasteiger partial charge in [0.05, 0.1) is 0 Å². The highest BCUT2D eigenvalue weighted by atomic mass is 79.9. The second-order valence-electron chi connectivity index (χ2n) is 4.83. The summed E-state index contributed by atoms with van der Waals surface area (Å²) in [5.41, 5.74) is 2.48. The third kappa shape index (κ3) is 4.08. The van der Waals surface area contributed by atoms with Gasteiger partial charge in [0, 0.05) is 26.1 Å². The fourth-order valence-electron chi connectivity index (χ4n) is 2.17. The van der Waals surface area contributed by atoms with Crippen molar-refractivity contribution in [1.82, 2.24) is 5.32 Å². The average molecular weight is 418 g/mol. The van der Waals surface area contributed by atoms with Crippen molar-refractivity contribution in [3.63, 3.8) is 0 Å². The molecule has 106 valence electrons. The smallest absolute Gasteiger partial charge is 0.0406 e. The Hall–Kier alpha value is -0.350. The molecular formula is C16H16Br2ClN. The highest BCUT2D eigenvalue weighted by Crippen LogP contribution is 2.28. The second-order valence-corrected chi connectivity index (χ2v) is 7.03. The standard InChI is InChI=1S/C16H16Br2ClN/c1-10(12-3-6-14(19)7-4-12)20-11(2)15-8-5-13(17)9-16(15)18/h3-11,20H,1-2H3. The zero-order chi connectivity index (χ0) is 14.7. The number of benzene rings is 2. The molecule has 2 atom stereocenters. The fraction of sp³-hybridized carbons (Fsp3) is 0.250. The summed E-state index contributed by atoms with van der Waals surface area (Å²) in [7, 11) is 0. The van der Waals surface area contributed by atoms with Crippen LogP contribution in [0, 0.1) is 0 Å². The van der Waals surface area contributed by atoms with E-state index in [4.69, 9.17) is 11.6 Å². The van der Waals surface area contributed by atoms with Gasteiger partial charge >= 0.3 is 0 Å². The van der Waals surface area contributed by atoms with Crippen LogP contribution >= 0.6 is 43.5 Å². The van der Waals surface area contributed by atoms with Crippen molar-refractivity contribution in [3.05, 3.63) is 67.6 Å². The molecule has 2 rings (SSSR count). The molecule has 0 amide bonds. The average Bonchev–Trinajstić information content (AvgIpc) is 2.39. The van der Waals surface area contributed by atoms with Gasteiger partial charge in [-0.05, 0) is 49.2 Å². The van der Waals surface area contributed by atoms with E-state index in [0.29, 0.717) is 0 Å². The first-order valence-electron chi connectivity index (χ1n) is 6.44. The summed E-state index contributed by atoms with van der Waals surface area (Å²) in [6.07, 6.45) is 0. The molecule has 0 saturated carbocycles. The Morgan fingerprint density at radius 2 is 1.60 bits per heavy atom. The lowest BCUT2D eigenvalue weighted by atomic mass is 10.0. The maximum atomic E-state index is 5.92. The SMILES string of the molecule is CC(NC(C)c1ccc(Br)cc1Br)c1ccc(Cl)cc1. The van der Waals surface area contributed by atoms with Crippen molar-refractivity contribution in [1.29, 1.82) is 0 Å². The first kappa shape index (κ1) is 16.0. The van der Waals surface area contributed by atoms with Gasteiger partial charge < -0.3 is 5.32 Å². The molecule has 0 radical (unpaired) electrons. The summed E-state index contributed by atoms with van der Waals surface area (Å²) < 4.78 is 2.18. The normalized spacial score (nSPS) is 14.1. The second kappa shape index (κ2) is 7.08. The van der Waals surface area contributed by atoms with Crippen molar-refractivity contribution in [2.24, 2.45) is 0 Å². The van der Waals surface area contributed by atoms with Gasteiger partial charge in [-0.3, -0.25) is 0 Å². The maximum absolute atomic E-state index is 5.92. The minimum absolute atomic E-state index is 0.253. The number of hydrogen-bond acceptors (Lipinski definition) is 1. The van der Waals surface area contributed by atoms with Gasteiger partial charge in [-0.15, -0.1) is 0 Å². The van der Waals surface area contributed by atoms with E-state index >= 15 is 0 Å². The molecule has 0 aromatic heterocycles. The molecule has 0 aliphatic heterocycles. The maximum Gasteiger partial charge on any atom is 0.0406 e. The van der Waals surface area contributed by atoms with E-state index in [0.717, 1.165) is 14.0 Å². The van der Waals surface area contributed by atoms with E-state index in [-0.39, 0.29) is 12.1 Å². The molecule has 2 aromatic rings. The van der Waals surface area contributed by atoms with E-state index in [1.165, 1.54) is 11.1 Å². The van der Waals surface area contributed by atoms with Crippen LogP contribution in [-0.2, 0) is 0 Å². The Bertz CT molecular complexity index is 584. The monoisotopic (exact) mass is 415 g/mol. The van der Waals surface area contributed by atoms with Crippen LogP contribution < -0.4 is 5.32 Å². The Kier molecular flexibility index (Phi) is 5.67. The minimum Gasteiger partial charge on any atom is -0.304 e. The molecule has 1 N–H and O–H groups in total. The Labute approximate surface area is 142 Å². The Morgan fingerprint density at radius 3 is 2.20 bits per heavy atom. The number of rotatable bonds is 4. The molecule has 4 heteroatoms. The summed E-state index contributed by atoms with van der Waals surface area (Å²) in [6.45, 7) is 4.33. The molecule has 0 aliphatic rings. The minimum atomic E-state index is 0.253. The summed E-state index contributed by atoms with van der Waals surface area (Å²) in [5, 5.41) is 4.37. The van der Waals surface area contributed by atoms with Crippen molar-refractivity contribution < 1.29 is 0 Å². The topological polar surface area (TPSA) is 12.0 Å². The van der Waals surface area contributed by atoms with Crippen LogP contribution in [0.25, 0.3) is 0 Å². The molecule has 0 aliphatic carbocycles. The van der Waals surface area contributed by atoms with E-state index in [2.05, 4.69) is 81.4 Å². The van der Waals surface area contributed by atoms with E-state index in [1.54, 1.807) is 0 Å². The van der Waals surface area contributed by atoms with Crippen molar-refractivity contribution in [2.45, 2.75) is 25.9 Å². The molecule has 2 aromatic carbocycles. The fourth-order valence-corrected chi connectivity index (χ4v) is 3.68. The number of nitrogens with one attached hydrogen (secondary N) is 1. The van der Waals surface area contributed by atoms with Crippen molar-refractivity contribution >= 4 is 43.5 Å². The van der Waals surface area contributed by atoms with Gasteiger partial charge in [-0.2, -0.15) is 0 Å². The molecule has 20 heavy (non-hydrogen) atoms. The van der Waals surface area contributed by atoms with E-state index in [1.807, 2.05) is 12.1 Å². The summed E-state index contributed by atoms with van der Waals surface area (Å²) in [4.78, 5) is 0. The zero-order valence-electron chi connectivity index (χ0n) is 11.3. The number of halogens is 3. The lowest BCUT2D eigenvalue weighted by Crippen LogP contribution is -2.22.